The minimum Gasteiger partial charge on any atom is -0.369 e. The molecule has 1 aliphatic rings. The van der Waals surface area contributed by atoms with E-state index in [9.17, 15) is 0 Å². The van der Waals surface area contributed by atoms with E-state index in [0.717, 1.165) is 44.1 Å². The van der Waals surface area contributed by atoms with Gasteiger partial charge in [-0.1, -0.05) is 31.2 Å². The zero-order chi connectivity index (χ0) is 16.5. The zero-order valence-corrected chi connectivity index (χ0v) is 14.4. The Morgan fingerprint density at radius 1 is 0.958 bits per heavy atom. The van der Waals surface area contributed by atoms with Crippen molar-refractivity contribution in [2.24, 2.45) is 7.05 Å². The largest absolute Gasteiger partial charge is 0.369 e. The van der Waals surface area contributed by atoms with Gasteiger partial charge in [0.2, 0.25) is 0 Å². The summed E-state index contributed by atoms with van der Waals surface area (Å²) >= 11 is 0. The number of hydrogen-bond donors (Lipinski definition) is 0. The van der Waals surface area contributed by atoms with Crippen molar-refractivity contribution in [2.75, 3.05) is 37.6 Å². The Morgan fingerprint density at radius 2 is 1.75 bits per heavy atom. The Bertz CT molecular complexity index is 844. The Morgan fingerprint density at radius 3 is 2.50 bits per heavy atom. The first-order chi connectivity index (χ1) is 11.8. The molecule has 4 nitrogen and oxygen atoms in total. The summed E-state index contributed by atoms with van der Waals surface area (Å²) in [7, 11) is 2.09. The fraction of sp³-hybridized carbons (Fsp3) is 0.350. The molecule has 0 atom stereocenters. The minimum atomic E-state index is 1.03. The second kappa shape index (κ2) is 6.29. The second-order valence-corrected chi connectivity index (χ2v) is 6.45. The maximum Gasteiger partial charge on any atom is 0.140 e. The van der Waals surface area contributed by atoms with E-state index < -0.39 is 0 Å². The molecule has 1 aliphatic heterocycles. The van der Waals surface area contributed by atoms with Gasteiger partial charge in [-0.05, 0) is 30.8 Å². The van der Waals surface area contributed by atoms with E-state index in [1.807, 2.05) is 6.07 Å². The van der Waals surface area contributed by atoms with Crippen LogP contribution < -0.4 is 4.90 Å². The number of benzene rings is 2. The number of aromatic nitrogens is 2. The molecule has 0 unspecified atom stereocenters. The molecule has 4 rings (SSSR count). The molecule has 0 spiro atoms. The van der Waals surface area contributed by atoms with Crippen molar-refractivity contribution in [3.05, 3.63) is 48.5 Å². The first-order valence-corrected chi connectivity index (χ1v) is 8.75. The molecule has 3 aromatic rings. The molecule has 0 radical (unpaired) electrons. The molecule has 2 heterocycles. The number of hydrogen-bond acceptors (Lipinski definition) is 3. The van der Waals surface area contributed by atoms with Crippen LogP contribution in [0, 0.1) is 0 Å². The fourth-order valence-electron chi connectivity index (χ4n) is 3.57. The summed E-state index contributed by atoms with van der Waals surface area (Å²) in [6, 6.07) is 17.1. The number of nitrogens with zero attached hydrogens (tertiary/aromatic N) is 4. The molecule has 1 fully saturated rings. The number of fused-ring (bicyclic) bond motifs is 1. The van der Waals surface area contributed by atoms with Crippen LogP contribution in [-0.4, -0.2) is 47.2 Å². The van der Waals surface area contributed by atoms with E-state index in [1.54, 1.807) is 0 Å². The molecule has 124 valence electrons. The highest BCUT2D eigenvalue weighted by molar-refractivity contribution is 5.81. The third kappa shape index (κ3) is 2.67. The number of para-hydroxylation sites is 2. The lowest BCUT2D eigenvalue weighted by Crippen LogP contribution is -2.46. The monoisotopic (exact) mass is 320 g/mol. The van der Waals surface area contributed by atoms with Crippen LogP contribution in [0.25, 0.3) is 22.4 Å². The highest BCUT2D eigenvalue weighted by Gasteiger charge is 2.17. The Labute approximate surface area is 143 Å². The molecule has 0 amide bonds. The second-order valence-electron chi connectivity index (χ2n) is 6.45. The average Bonchev–Trinajstić information content (AvgIpc) is 2.99. The van der Waals surface area contributed by atoms with Crippen LogP contribution >= 0.6 is 0 Å². The minimum absolute atomic E-state index is 1.03. The summed E-state index contributed by atoms with van der Waals surface area (Å²) in [5.41, 5.74) is 4.71. The van der Waals surface area contributed by atoms with Crippen molar-refractivity contribution in [1.29, 1.82) is 0 Å². The highest BCUT2D eigenvalue weighted by atomic mass is 15.3. The van der Waals surface area contributed by atoms with Gasteiger partial charge < -0.3 is 14.4 Å². The Kier molecular flexibility index (Phi) is 3.98. The first-order valence-electron chi connectivity index (χ1n) is 8.75. The summed E-state index contributed by atoms with van der Waals surface area (Å²) in [6.07, 6.45) is 0. The molecule has 24 heavy (non-hydrogen) atoms. The van der Waals surface area contributed by atoms with Crippen LogP contribution in [0.5, 0.6) is 0 Å². The predicted molar refractivity (Wildman–Crippen MR) is 100 cm³/mol. The van der Waals surface area contributed by atoms with Gasteiger partial charge in [-0.3, -0.25) is 0 Å². The standard InChI is InChI=1S/C20H24N4/c1-3-23-11-13-24(14-12-23)17-8-6-7-16(15-17)20-21-18-9-4-5-10-19(18)22(20)2/h4-10,15H,3,11-14H2,1-2H3. The van der Waals surface area contributed by atoms with Gasteiger partial charge in [0.25, 0.3) is 0 Å². The summed E-state index contributed by atoms with van der Waals surface area (Å²) < 4.78 is 2.18. The molecular formula is C20H24N4. The average molecular weight is 320 g/mol. The molecular weight excluding hydrogens is 296 g/mol. The lowest BCUT2D eigenvalue weighted by molar-refractivity contribution is 0.271. The maximum absolute atomic E-state index is 4.83. The lowest BCUT2D eigenvalue weighted by Gasteiger charge is -2.35. The van der Waals surface area contributed by atoms with E-state index in [0.29, 0.717) is 0 Å². The van der Waals surface area contributed by atoms with Gasteiger partial charge >= 0.3 is 0 Å². The SMILES string of the molecule is CCN1CCN(c2cccc(-c3nc4ccccc4n3C)c2)CC1. The van der Waals surface area contributed by atoms with Gasteiger partial charge in [0, 0.05) is 44.5 Å². The Hall–Kier alpha value is -2.33. The van der Waals surface area contributed by atoms with Crippen LogP contribution in [0.4, 0.5) is 5.69 Å². The van der Waals surface area contributed by atoms with E-state index in [1.165, 1.54) is 16.8 Å². The zero-order valence-electron chi connectivity index (χ0n) is 14.4. The molecule has 1 saturated heterocycles. The molecule has 4 heteroatoms. The van der Waals surface area contributed by atoms with Crippen LogP contribution in [-0.2, 0) is 7.05 Å². The normalized spacial score (nSPS) is 16.0. The van der Waals surface area contributed by atoms with Crippen molar-refractivity contribution in [2.45, 2.75) is 6.92 Å². The molecule has 2 aromatic carbocycles. The van der Waals surface area contributed by atoms with Crippen LogP contribution in [0.15, 0.2) is 48.5 Å². The van der Waals surface area contributed by atoms with Gasteiger partial charge in [0.05, 0.1) is 11.0 Å². The van der Waals surface area contributed by atoms with Crippen molar-refractivity contribution in [3.8, 4) is 11.4 Å². The van der Waals surface area contributed by atoms with Crippen molar-refractivity contribution in [1.82, 2.24) is 14.5 Å². The lowest BCUT2D eigenvalue weighted by atomic mass is 10.1. The van der Waals surface area contributed by atoms with Crippen LogP contribution in [0.1, 0.15) is 6.92 Å². The molecule has 0 bridgehead atoms. The number of rotatable bonds is 3. The van der Waals surface area contributed by atoms with Crippen molar-refractivity contribution >= 4 is 16.7 Å². The number of aryl methyl sites for hydroxylation is 1. The number of likely N-dealkylation sites (N-methyl/N-ethyl adjacent to an activating group) is 1. The third-order valence-electron chi connectivity index (χ3n) is 5.08. The molecule has 0 aliphatic carbocycles. The fourth-order valence-corrected chi connectivity index (χ4v) is 3.57. The highest BCUT2D eigenvalue weighted by Crippen LogP contribution is 2.27. The van der Waals surface area contributed by atoms with Crippen molar-refractivity contribution in [3.63, 3.8) is 0 Å². The van der Waals surface area contributed by atoms with Gasteiger partial charge in [-0.15, -0.1) is 0 Å². The van der Waals surface area contributed by atoms with Crippen LogP contribution in [0.2, 0.25) is 0 Å². The summed E-state index contributed by atoms with van der Waals surface area (Å²) in [5, 5.41) is 0. The van der Waals surface area contributed by atoms with Gasteiger partial charge in [0.15, 0.2) is 0 Å². The van der Waals surface area contributed by atoms with Gasteiger partial charge in [-0.2, -0.15) is 0 Å². The van der Waals surface area contributed by atoms with Gasteiger partial charge in [-0.25, -0.2) is 4.98 Å². The number of anilines is 1. The van der Waals surface area contributed by atoms with Crippen LogP contribution in [0.3, 0.4) is 0 Å². The third-order valence-corrected chi connectivity index (χ3v) is 5.08. The quantitative estimate of drug-likeness (QED) is 0.739. The number of piperazine rings is 1. The molecule has 0 saturated carbocycles. The maximum atomic E-state index is 4.83. The first kappa shape index (κ1) is 15.2. The Balaban J connectivity index is 1.66. The summed E-state index contributed by atoms with van der Waals surface area (Å²) in [6.45, 7) is 7.87. The summed E-state index contributed by atoms with van der Waals surface area (Å²) in [4.78, 5) is 9.82. The van der Waals surface area contributed by atoms with E-state index in [-0.39, 0.29) is 0 Å². The smallest absolute Gasteiger partial charge is 0.140 e. The number of imidazole rings is 1. The summed E-state index contributed by atoms with van der Waals surface area (Å²) in [5.74, 6) is 1.03. The topological polar surface area (TPSA) is 24.3 Å². The van der Waals surface area contributed by atoms with Gasteiger partial charge in [0.1, 0.15) is 5.82 Å². The van der Waals surface area contributed by atoms with Crippen molar-refractivity contribution < 1.29 is 0 Å². The molecule has 0 N–H and O–H groups in total. The molecule has 1 aromatic heterocycles. The van der Waals surface area contributed by atoms with E-state index in [4.69, 9.17) is 4.98 Å². The van der Waals surface area contributed by atoms with E-state index in [2.05, 4.69) is 70.8 Å². The predicted octanol–water partition coefficient (Wildman–Crippen LogP) is 3.38. The van der Waals surface area contributed by atoms with E-state index >= 15 is 0 Å².